The Kier molecular flexibility index (Phi) is 4.56. The van der Waals surface area contributed by atoms with Crippen molar-refractivity contribution in [3.8, 4) is 0 Å². The van der Waals surface area contributed by atoms with Gasteiger partial charge in [-0.25, -0.2) is 9.78 Å². The van der Waals surface area contributed by atoms with Crippen LogP contribution in [0.3, 0.4) is 0 Å². The number of hydrogen-bond donors (Lipinski definition) is 0. The molecule has 0 aliphatic carbocycles. The zero-order chi connectivity index (χ0) is 19.7. The fraction of sp³-hybridized carbons (Fsp3) is 0.263. The molecule has 9 heteroatoms. The molecular formula is C19H18N6O3. The Morgan fingerprint density at radius 2 is 1.89 bits per heavy atom. The van der Waals surface area contributed by atoms with Gasteiger partial charge >= 0.3 is 5.76 Å². The van der Waals surface area contributed by atoms with E-state index < -0.39 is 5.76 Å². The van der Waals surface area contributed by atoms with Crippen molar-refractivity contribution in [1.29, 1.82) is 0 Å². The van der Waals surface area contributed by atoms with Gasteiger partial charge in [-0.1, -0.05) is 29.8 Å². The van der Waals surface area contributed by atoms with Crippen LogP contribution in [-0.2, 0) is 19.5 Å². The van der Waals surface area contributed by atoms with Crippen LogP contribution in [0.25, 0.3) is 11.0 Å². The lowest BCUT2D eigenvalue weighted by Gasteiger charge is -2.04. The Labute approximate surface area is 159 Å². The summed E-state index contributed by atoms with van der Waals surface area (Å²) < 4.78 is 7.81. The van der Waals surface area contributed by atoms with E-state index in [2.05, 4.69) is 20.3 Å². The number of hydrogen-bond acceptors (Lipinski definition) is 7. The lowest BCUT2D eigenvalue weighted by Crippen LogP contribution is -2.22. The zero-order valence-corrected chi connectivity index (χ0v) is 15.5. The van der Waals surface area contributed by atoms with E-state index in [0.717, 1.165) is 5.56 Å². The van der Waals surface area contributed by atoms with Crippen LogP contribution in [0, 0.1) is 13.8 Å². The summed E-state index contributed by atoms with van der Waals surface area (Å²) >= 11 is 0. The van der Waals surface area contributed by atoms with Crippen LogP contribution >= 0.6 is 0 Å². The van der Waals surface area contributed by atoms with Crippen LogP contribution in [0.15, 0.2) is 50.8 Å². The van der Waals surface area contributed by atoms with E-state index in [1.165, 1.54) is 27.3 Å². The van der Waals surface area contributed by atoms with E-state index >= 15 is 0 Å². The quantitative estimate of drug-likeness (QED) is 0.514. The van der Waals surface area contributed by atoms with E-state index in [9.17, 15) is 9.59 Å². The van der Waals surface area contributed by atoms with E-state index in [1.54, 1.807) is 6.92 Å². The van der Waals surface area contributed by atoms with E-state index in [0.29, 0.717) is 23.9 Å². The molecule has 0 saturated carbocycles. The average molecular weight is 378 g/mol. The Morgan fingerprint density at radius 3 is 2.68 bits per heavy atom. The zero-order valence-electron chi connectivity index (χ0n) is 15.5. The number of nitrogens with zero attached hydrogens (tertiary/aromatic N) is 6. The second-order valence-corrected chi connectivity index (χ2v) is 6.62. The van der Waals surface area contributed by atoms with Gasteiger partial charge in [0.05, 0.1) is 18.1 Å². The second kappa shape index (κ2) is 7.18. The third kappa shape index (κ3) is 3.46. The molecule has 0 N–H and O–H groups in total. The van der Waals surface area contributed by atoms with Crippen LogP contribution in [-0.4, -0.2) is 29.5 Å². The first kappa shape index (κ1) is 17.8. The van der Waals surface area contributed by atoms with Gasteiger partial charge in [0.2, 0.25) is 5.89 Å². The van der Waals surface area contributed by atoms with Gasteiger partial charge < -0.3 is 4.42 Å². The lowest BCUT2D eigenvalue weighted by molar-refractivity contribution is 0.434. The molecule has 4 aromatic rings. The topological polar surface area (TPSA) is 109 Å². The number of aromatic nitrogens is 6. The van der Waals surface area contributed by atoms with Crippen LogP contribution < -0.4 is 11.3 Å². The fourth-order valence-corrected chi connectivity index (χ4v) is 2.94. The molecule has 0 bridgehead atoms. The highest BCUT2D eigenvalue weighted by Gasteiger charge is 2.13. The first-order chi connectivity index (χ1) is 13.5. The molecule has 0 radical (unpaired) electrons. The van der Waals surface area contributed by atoms with Gasteiger partial charge in [-0.2, -0.15) is 9.78 Å². The van der Waals surface area contributed by atoms with Gasteiger partial charge in [-0.3, -0.25) is 9.36 Å². The molecular weight excluding hydrogens is 360 g/mol. The summed E-state index contributed by atoms with van der Waals surface area (Å²) in [6.45, 7) is 4.20. The standard InChI is InChI=1S/C19H18N6O3/c1-12-3-5-14(6-4-12)7-8-25-19(27)28-15(23-25)10-24-11-20-17-16(18(24)26)13(2)9-21-22-17/h3-6,9,11H,7-8,10H2,1-2H3. The van der Waals surface area contributed by atoms with Crippen molar-refractivity contribution in [2.75, 3.05) is 0 Å². The Bertz CT molecular complexity index is 1250. The maximum Gasteiger partial charge on any atom is 0.437 e. The molecule has 0 unspecified atom stereocenters. The third-order valence-corrected chi connectivity index (χ3v) is 4.50. The van der Waals surface area contributed by atoms with Crippen LogP contribution in [0.2, 0.25) is 0 Å². The molecule has 9 nitrogen and oxygen atoms in total. The number of rotatable bonds is 5. The lowest BCUT2D eigenvalue weighted by atomic mass is 10.1. The molecule has 0 aliphatic rings. The number of benzene rings is 1. The molecule has 0 aliphatic heterocycles. The van der Waals surface area contributed by atoms with Gasteiger partial charge in [0.15, 0.2) is 5.65 Å². The van der Waals surface area contributed by atoms with Gasteiger partial charge in [-0.05, 0) is 31.4 Å². The molecule has 0 spiro atoms. The largest absolute Gasteiger partial charge is 0.437 e. The minimum absolute atomic E-state index is 0.0102. The van der Waals surface area contributed by atoms with Crippen molar-refractivity contribution in [3.05, 3.63) is 80.3 Å². The van der Waals surface area contributed by atoms with Crippen LogP contribution in [0.4, 0.5) is 0 Å². The van der Waals surface area contributed by atoms with Crippen molar-refractivity contribution in [3.63, 3.8) is 0 Å². The molecule has 0 atom stereocenters. The monoisotopic (exact) mass is 378 g/mol. The summed E-state index contributed by atoms with van der Waals surface area (Å²) in [6.07, 6.45) is 3.52. The number of fused-ring (bicyclic) bond motifs is 1. The van der Waals surface area contributed by atoms with Crippen LogP contribution in [0.5, 0.6) is 0 Å². The molecule has 0 saturated heterocycles. The van der Waals surface area contributed by atoms with Crippen LogP contribution in [0.1, 0.15) is 22.6 Å². The Hall–Kier alpha value is -3.62. The smallest absolute Gasteiger partial charge is 0.390 e. The van der Waals surface area contributed by atoms with Crippen molar-refractivity contribution >= 4 is 11.0 Å². The van der Waals surface area contributed by atoms with Gasteiger partial charge in [0, 0.05) is 0 Å². The van der Waals surface area contributed by atoms with Crippen molar-refractivity contribution < 1.29 is 4.42 Å². The molecule has 142 valence electrons. The van der Waals surface area contributed by atoms with E-state index in [-0.39, 0.29) is 23.6 Å². The molecule has 4 rings (SSSR count). The summed E-state index contributed by atoms with van der Waals surface area (Å²) in [4.78, 5) is 28.9. The highest BCUT2D eigenvalue weighted by atomic mass is 16.4. The highest BCUT2D eigenvalue weighted by Crippen LogP contribution is 2.08. The first-order valence-electron chi connectivity index (χ1n) is 8.81. The molecule has 0 fully saturated rings. The van der Waals surface area contributed by atoms with Gasteiger partial charge in [0.1, 0.15) is 12.9 Å². The predicted molar refractivity (Wildman–Crippen MR) is 101 cm³/mol. The van der Waals surface area contributed by atoms with Gasteiger partial charge in [-0.15, -0.1) is 10.2 Å². The summed E-state index contributed by atoms with van der Waals surface area (Å²) in [5.41, 5.74) is 2.97. The normalized spacial score (nSPS) is 11.2. The Balaban J connectivity index is 1.56. The predicted octanol–water partition coefficient (Wildman–Crippen LogP) is 1.24. The molecule has 3 heterocycles. The molecule has 28 heavy (non-hydrogen) atoms. The average Bonchev–Trinajstić information content (AvgIpc) is 3.03. The van der Waals surface area contributed by atoms with Gasteiger partial charge in [0.25, 0.3) is 5.56 Å². The maximum atomic E-state index is 12.7. The summed E-state index contributed by atoms with van der Waals surface area (Å²) in [7, 11) is 0. The Morgan fingerprint density at radius 1 is 1.11 bits per heavy atom. The summed E-state index contributed by atoms with van der Waals surface area (Å²) in [5.74, 6) is -0.400. The molecule has 3 aromatic heterocycles. The number of aryl methyl sites for hydroxylation is 4. The second-order valence-electron chi connectivity index (χ2n) is 6.62. The maximum absolute atomic E-state index is 12.7. The van der Waals surface area contributed by atoms with Crippen molar-refractivity contribution in [2.24, 2.45) is 0 Å². The minimum atomic E-state index is -0.550. The van der Waals surface area contributed by atoms with Crippen molar-refractivity contribution in [1.82, 2.24) is 29.5 Å². The van der Waals surface area contributed by atoms with E-state index in [4.69, 9.17) is 4.42 Å². The summed E-state index contributed by atoms with van der Waals surface area (Å²) in [5, 5.41) is 12.2. The summed E-state index contributed by atoms with van der Waals surface area (Å²) in [6, 6.07) is 8.09. The molecule has 0 amide bonds. The highest BCUT2D eigenvalue weighted by molar-refractivity contribution is 5.75. The van der Waals surface area contributed by atoms with Crippen molar-refractivity contribution in [2.45, 2.75) is 33.4 Å². The first-order valence-corrected chi connectivity index (χ1v) is 8.81. The van der Waals surface area contributed by atoms with E-state index in [1.807, 2.05) is 31.2 Å². The minimum Gasteiger partial charge on any atom is -0.390 e. The molecule has 1 aromatic carbocycles. The third-order valence-electron chi connectivity index (χ3n) is 4.50. The SMILES string of the molecule is Cc1ccc(CCn2nc(Cn3cnc4nncc(C)c4c3=O)oc2=O)cc1. The fourth-order valence-electron chi connectivity index (χ4n) is 2.94.